The van der Waals surface area contributed by atoms with Crippen LogP contribution in [-0.4, -0.2) is 12.5 Å². The number of carbonyl (C=O) groups excluding carboxylic acids is 1. The fourth-order valence-electron chi connectivity index (χ4n) is 1.96. The van der Waals surface area contributed by atoms with E-state index in [2.05, 4.69) is 11.4 Å². The third kappa shape index (κ3) is 2.32. The molecule has 0 spiro atoms. The van der Waals surface area contributed by atoms with Crippen LogP contribution in [0.1, 0.15) is 17.5 Å². The van der Waals surface area contributed by atoms with Gasteiger partial charge in [0.1, 0.15) is 0 Å². The summed E-state index contributed by atoms with van der Waals surface area (Å²) >= 11 is 5.95. The maximum Gasteiger partial charge on any atom is 0.223 e. The zero-order valence-corrected chi connectivity index (χ0v) is 9.47. The van der Waals surface area contributed by atoms with E-state index in [0.717, 1.165) is 30.0 Å². The van der Waals surface area contributed by atoms with Gasteiger partial charge in [-0.1, -0.05) is 23.7 Å². The van der Waals surface area contributed by atoms with E-state index in [1.54, 1.807) is 0 Å². The molecule has 1 aliphatic heterocycles. The Morgan fingerprint density at radius 1 is 1.53 bits per heavy atom. The van der Waals surface area contributed by atoms with E-state index >= 15 is 0 Å². The Kier molecular flexibility index (Phi) is 2.96. The summed E-state index contributed by atoms with van der Waals surface area (Å²) in [7, 11) is 0. The van der Waals surface area contributed by atoms with Crippen molar-refractivity contribution < 1.29 is 4.79 Å². The molecule has 1 saturated heterocycles. The maximum absolute atomic E-state index is 11.4. The second kappa shape index (κ2) is 4.23. The molecule has 0 aliphatic carbocycles. The molecule has 2 rings (SSSR count). The van der Waals surface area contributed by atoms with Gasteiger partial charge in [0, 0.05) is 17.5 Å². The molecule has 1 aromatic carbocycles. The predicted molar refractivity (Wildman–Crippen MR) is 61.0 cm³/mol. The molecule has 0 radical (unpaired) electrons. The van der Waals surface area contributed by atoms with E-state index in [9.17, 15) is 4.79 Å². The topological polar surface area (TPSA) is 29.1 Å². The highest BCUT2D eigenvalue weighted by Gasteiger charge is 2.23. The summed E-state index contributed by atoms with van der Waals surface area (Å²) in [6.45, 7) is 2.80. The summed E-state index contributed by atoms with van der Waals surface area (Å²) in [5.74, 6) is 0.327. The number of hydrogen-bond donors (Lipinski definition) is 1. The van der Waals surface area contributed by atoms with Crippen LogP contribution in [-0.2, 0) is 11.2 Å². The van der Waals surface area contributed by atoms with E-state index in [0.29, 0.717) is 0 Å². The first-order chi connectivity index (χ1) is 7.16. The fraction of sp³-hybridized carbons (Fsp3) is 0.417. The van der Waals surface area contributed by atoms with Gasteiger partial charge >= 0.3 is 0 Å². The lowest BCUT2D eigenvalue weighted by Crippen LogP contribution is -2.20. The Bertz CT molecular complexity index is 389. The molecule has 1 fully saturated rings. The third-order valence-corrected chi connectivity index (χ3v) is 3.29. The van der Waals surface area contributed by atoms with Crippen molar-refractivity contribution in [2.45, 2.75) is 19.8 Å². The van der Waals surface area contributed by atoms with E-state index < -0.39 is 0 Å². The van der Waals surface area contributed by atoms with Crippen LogP contribution in [0.2, 0.25) is 5.02 Å². The van der Waals surface area contributed by atoms with E-state index in [4.69, 9.17) is 11.6 Å². The molecule has 1 aromatic rings. The zero-order chi connectivity index (χ0) is 10.8. The normalized spacial score (nSPS) is 20.4. The Morgan fingerprint density at radius 2 is 2.33 bits per heavy atom. The number of carbonyl (C=O) groups is 1. The molecule has 0 saturated carbocycles. The van der Waals surface area contributed by atoms with Crippen molar-refractivity contribution in [3.63, 3.8) is 0 Å². The molecule has 3 heteroatoms. The highest BCUT2D eigenvalue weighted by atomic mass is 35.5. The Balaban J connectivity index is 2.10. The van der Waals surface area contributed by atoms with Gasteiger partial charge in [0.05, 0.1) is 0 Å². The first kappa shape index (κ1) is 10.5. The van der Waals surface area contributed by atoms with Crippen LogP contribution in [0.5, 0.6) is 0 Å². The summed E-state index contributed by atoms with van der Waals surface area (Å²) in [5.41, 5.74) is 2.27. The van der Waals surface area contributed by atoms with Gasteiger partial charge in [0.25, 0.3) is 0 Å². The lowest BCUT2D eigenvalue weighted by molar-refractivity contribution is -0.122. The van der Waals surface area contributed by atoms with Crippen LogP contribution >= 0.6 is 11.6 Å². The van der Waals surface area contributed by atoms with Crippen molar-refractivity contribution in [1.82, 2.24) is 5.32 Å². The summed E-state index contributed by atoms with van der Waals surface area (Å²) < 4.78 is 0. The SMILES string of the molecule is Cc1cc(CC2CCNC2=O)ccc1Cl. The molecule has 15 heavy (non-hydrogen) atoms. The smallest absolute Gasteiger partial charge is 0.223 e. The highest BCUT2D eigenvalue weighted by molar-refractivity contribution is 6.31. The van der Waals surface area contributed by atoms with Gasteiger partial charge in [0.15, 0.2) is 0 Å². The standard InChI is InChI=1S/C12H14ClNO/c1-8-6-9(2-3-11(8)13)7-10-4-5-14-12(10)15/h2-3,6,10H,4-5,7H2,1H3,(H,14,15). The summed E-state index contributed by atoms with van der Waals surface area (Å²) in [6, 6.07) is 5.97. The van der Waals surface area contributed by atoms with E-state index in [1.165, 1.54) is 5.56 Å². The van der Waals surface area contributed by atoms with Gasteiger partial charge in [-0.15, -0.1) is 0 Å². The van der Waals surface area contributed by atoms with Gasteiger partial charge in [-0.2, -0.15) is 0 Å². The van der Waals surface area contributed by atoms with Crippen molar-refractivity contribution in [2.75, 3.05) is 6.54 Å². The quantitative estimate of drug-likeness (QED) is 0.819. The highest BCUT2D eigenvalue weighted by Crippen LogP contribution is 2.21. The van der Waals surface area contributed by atoms with Crippen molar-refractivity contribution in [1.29, 1.82) is 0 Å². The third-order valence-electron chi connectivity index (χ3n) is 2.87. The molecular formula is C12H14ClNO. The van der Waals surface area contributed by atoms with Gasteiger partial charge in [-0.25, -0.2) is 0 Å². The van der Waals surface area contributed by atoms with Gasteiger partial charge in [0.2, 0.25) is 5.91 Å². The first-order valence-corrected chi connectivity index (χ1v) is 5.57. The number of benzene rings is 1. The number of rotatable bonds is 2. The Labute approximate surface area is 94.6 Å². The van der Waals surface area contributed by atoms with Crippen LogP contribution in [0.15, 0.2) is 18.2 Å². The monoisotopic (exact) mass is 223 g/mol. The molecule has 1 amide bonds. The Morgan fingerprint density at radius 3 is 2.93 bits per heavy atom. The minimum absolute atomic E-state index is 0.144. The maximum atomic E-state index is 11.4. The second-order valence-electron chi connectivity index (χ2n) is 4.06. The van der Waals surface area contributed by atoms with Crippen molar-refractivity contribution >= 4 is 17.5 Å². The molecule has 1 atom stereocenters. The molecule has 0 bridgehead atoms. The number of aryl methyl sites for hydroxylation is 1. The Hall–Kier alpha value is -1.02. The number of nitrogens with one attached hydrogen (secondary N) is 1. The van der Waals surface area contributed by atoms with Crippen molar-refractivity contribution in [3.05, 3.63) is 34.3 Å². The van der Waals surface area contributed by atoms with Crippen LogP contribution in [0.3, 0.4) is 0 Å². The summed E-state index contributed by atoms with van der Waals surface area (Å²) in [6.07, 6.45) is 1.77. The van der Waals surface area contributed by atoms with Gasteiger partial charge in [-0.3, -0.25) is 4.79 Å². The summed E-state index contributed by atoms with van der Waals surface area (Å²) in [5, 5.41) is 3.64. The predicted octanol–water partition coefficient (Wildman–Crippen LogP) is 2.33. The van der Waals surface area contributed by atoms with E-state index in [1.807, 2.05) is 19.1 Å². The molecule has 80 valence electrons. The van der Waals surface area contributed by atoms with Crippen LogP contribution in [0.25, 0.3) is 0 Å². The second-order valence-corrected chi connectivity index (χ2v) is 4.47. The number of hydrogen-bond acceptors (Lipinski definition) is 1. The molecule has 2 nitrogen and oxygen atoms in total. The molecule has 0 aromatic heterocycles. The number of amides is 1. The van der Waals surface area contributed by atoms with Crippen LogP contribution in [0, 0.1) is 12.8 Å². The largest absolute Gasteiger partial charge is 0.356 e. The van der Waals surface area contributed by atoms with Crippen LogP contribution < -0.4 is 5.32 Å². The lowest BCUT2D eigenvalue weighted by atomic mass is 9.97. The molecule has 1 heterocycles. The van der Waals surface area contributed by atoms with Gasteiger partial charge < -0.3 is 5.32 Å². The van der Waals surface area contributed by atoms with Gasteiger partial charge in [-0.05, 0) is 37.0 Å². The average Bonchev–Trinajstić information content (AvgIpc) is 2.59. The van der Waals surface area contributed by atoms with Crippen molar-refractivity contribution in [2.24, 2.45) is 5.92 Å². The zero-order valence-electron chi connectivity index (χ0n) is 8.72. The minimum Gasteiger partial charge on any atom is -0.356 e. The van der Waals surface area contributed by atoms with E-state index in [-0.39, 0.29) is 11.8 Å². The first-order valence-electron chi connectivity index (χ1n) is 5.19. The number of halogens is 1. The van der Waals surface area contributed by atoms with Crippen LogP contribution in [0.4, 0.5) is 0 Å². The average molecular weight is 224 g/mol. The fourth-order valence-corrected chi connectivity index (χ4v) is 2.08. The molecular weight excluding hydrogens is 210 g/mol. The minimum atomic E-state index is 0.144. The van der Waals surface area contributed by atoms with Crippen molar-refractivity contribution in [3.8, 4) is 0 Å². The summed E-state index contributed by atoms with van der Waals surface area (Å²) in [4.78, 5) is 11.4. The molecule has 1 unspecified atom stereocenters. The molecule has 1 N–H and O–H groups in total. The lowest BCUT2D eigenvalue weighted by Gasteiger charge is -2.08. The molecule has 1 aliphatic rings.